The lowest BCUT2D eigenvalue weighted by Crippen LogP contribution is -2.41. The molecule has 1 atom stereocenters. The van der Waals surface area contributed by atoms with Crippen LogP contribution >= 0.6 is 0 Å². The van der Waals surface area contributed by atoms with Gasteiger partial charge in [-0.3, -0.25) is 14.4 Å². The molecule has 2 fully saturated rings. The van der Waals surface area contributed by atoms with Gasteiger partial charge in [0.25, 0.3) is 11.5 Å². The predicted molar refractivity (Wildman–Crippen MR) is 88.1 cm³/mol. The van der Waals surface area contributed by atoms with Crippen LogP contribution in [-0.4, -0.2) is 40.0 Å². The third-order valence-corrected chi connectivity index (χ3v) is 5.46. The smallest absolute Gasteiger partial charge is 0.307 e. The van der Waals surface area contributed by atoms with E-state index in [9.17, 15) is 14.4 Å². The number of furan rings is 1. The van der Waals surface area contributed by atoms with E-state index < -0.39 is 11.5 Å². The normalized spacial score (nSPS) is 21.3. The summed E-state index contributed by atoms with van der Waals surface area (Å²) in [7, 11) is 0. The van der Waals surface area contributed by atoms with Crippen molar-refractivity contribution in [3.8, 4) is 11.5 Å². The third-order valence-electron chi connectivity index (χ3n) is 5.46. The molecule has 1 spiro atoms. The zero-order valence-electron chi connectivity index (χ0n) is 13.5. The van der Waals surface area contributed by atoms with Crippen LogP contribution < -0.4 is 5.56 Å². The van der Waals surface area contributed by atoms with Gasteiger partial charge < -0.3 is 19.4 Å². The maximum atomic E-state index is 12.6. The summed E-state index contributed by atoms with van der Waals surface area (Å²) >= 11 is 0. The number of H-pyrrole nitrogens is 1. The van der Waals surface area contributed by atoms with Crippen molar-refractivity contribution in [3.63, 3.8) is 0 Å². The number of pyridine rings is 1. The highest BCUT2D eigenvalue weighted by Crippen LogP contribution is 2.59. The SMILES string of the molecule is O=C(O)C1CC12CCN(C(=O)c1ccc(-c3ccco3)[nH]c1=O)CC2. The fourth-order valence-corrected chi connectivity index (χ4v) is 3.79. The van der Waals surface area contributed by atoms with Crippen LogP contribution in [-0.2, 0) is 4.79 Å². The first-order valence-electron chi connectivity index (χ1n) is 8.29. The molecule has 2 aliphatic rings. The third kappa shape index (κ3) is 2.65. The zero-order valence-corrected chi connectivity index (χ0v) is 13.5. The average molecular weight is 342 g/mol. The molecule has 2 aromatic rings. The Kier molecular flexibility index (Phi) is 3.52. The second kappa shape index (κ2) is 5.61. The van der Waals surface area contributed by atoms with Crippen LogP contribution in [0.15, 0.2) is 39.7 Å². The number of nitrogens with zero attached hydrogens (tertiary/aromatic N) is 1. The number of aliphatic carboxylic acids is 1. The number of piperidine rings is 1. The van der Waals surface area contributed by atoms with Gasteiger partial charge in [-0.1, -0.05) is 0 Å². The van der Waals surface area contributed by atoms with E-state index in [0.717, 1.165) is 0 Å². The Bertz CT molecular complexity index is 875. The Balaban J connectivity index is 1.47. The van der Waals surface area contributed by atoms with E-state index in [4.69, 9.17) is 9.52 Å². The van der Waals surface area contributed by atoms with Crippen LogP contribution in [0, 0.1) is 11.3 Å². The highest BCUT2D eigenvalue weighted by Gasteiger charge is 2.59. The molecule has 7 nitrogen and oxygen atoms in total. The fraction of sp³-hybridized carbons (Fsp3) is 0.389. The minimum Gasteiger partial charge on any atom is -0.481 e. The molecule has 0 aromatic carbocycles. The fourth-order valence-electron chi connectivity index (χ4n) is 3.79. The van der Waals surface area contributed by atoms with Crippen molar-refractivity contribution in [3.05, 3.63) is 46.4 Å². The Morgan fingerprint density at radius 1 is 1.24 bits per heavy atom. The molecule has 2 N–H and O–H groups in total. The quantitative estimate of drug-likeness (QED) is 0.887. The van der Waals surface area contributed by atoms with E-state index in [-0.39, 0.29) is 22.8 Å². The lowest BCUT2D eigenvalue weighted by molar-refractivity contribution is -0.139. The lowest BCUT2D eigenvalue weighted by atomic mass is 9.90. The Morgan fingerprint density at radius 2 is 2.00 bits per heavy atom. The number of carbonyl (C=O) groups excluding carboxylic acids is 1. The van der Waals surface area contributed by atoms with Gasteiger partial charge in [-0.15, -0.1) is 0 Å². The van der Waals surface area contributed by atoms with Crippen molar-refractivity contribution in [1.29, 1.82) is 0 Å². The van der Waals surface area contributed by atoms with E-state index in [1.165, 1.54) is 12.3 Å². The van der Waals surface area contributed by atoms with Gasteiger partial charge in [-0.2, -0.15) is 0 Å². The summed E-state index contributed by atoms with van der Waals surface area (Å²) in [4.78, 5) is 40.3. The van der Waals surface area contributed by atoms with Gasteiger partial charge in [-0.05, 0) is 48.9 Å². The summed E-state index contributed by atoms with van der Waals surface area (Å²) in [6.45, 7) is 0.976. The molecule has 1 aliphatic heterocycles. The summed E-state index contributed by atoms with van der Waals surface area (Å²) in [6.07, 6.45) is 3.57. The van der Waals surface area contributed by atoms with Crippen LogP contribution in [0.5, 0.6) is 0 Å². The number of amides is 1. The number of nitrogens with one attached hydrogen (secondary N) is 1. The summed E-state index contributed by atoms with van der Waals surface area (Å²) in [5.74, 6) is -0.801. The monoisotopic (exact) mass is 342 g/mol. The number of likely N-dealkylation sites (tertiary alicyclic amines) is 1. The summed E-state index contributed by atoms with van der Waals surface area (Å²) in [5.41, 5.74) is 0.0235. The van der Waals surface area contributed by atoms with Gasteiger partial charge in [0.2, 0.25) is 0 Å². The molecule has 1 aliphatic carbocycles. The topological polar surface area (TPSA) is 104 Å². The second-order valence-electron chi connectivity index (χ2n) is 6.84. The average Bonchev–Trinajstić information content (AvgIpc) is 3.05. The van der Waals surface area contributed by atoms with Crippen LogP contribution in [0.2, 0.25) is 0 Å². The summed E-state index contributed by atoms with van der Waals surface area (Å²) < 4.78 is 5.24. The molecule has 1 unspecified atom stereocenters. The second-order valence-corrected chi connectivity index (χ2v) is 6.84. The molecular formula is C18H18N2O5. The van der Waals surface area contributed by atoms with Gasteiger partial charge >= 0.3 is 5.97 Å². The maximum absolute atomic E-state index is 12.6. The molecule has 2 aromatic heterocycles. The highest BCUT2D eigenvalue weighted by molar-refractivity contribution is 5.94. The molecule has 3 heterocycles. The number of carbonyl (C=O) groups is 2. The predicted octanol–water partition coefficient (Wildman–Crippen LogP) is 1.96. The molecule has 0 bridgehead atoms. The van der Waals surface area contributed by atoms with Gasteiger partial charge in [0.1, 0.15) is 11.3 Å². The first-order valence-corrected chi connectivity index (χ1v) is 8.29. The number of hydrogen-bond donors (Lipinski definition) is 2. The first kappa shape index (κ1) is 15.7. The van der Waals surface area contributed by atoms with Crippen molar-refractivity contribution in [1.82, 2.24) is 9.88 Å². The van der Waals surface area contributed by atoms with E-state index in [1.54, 1.807) is 23.1 Å². The molecule has 25 heavy (non-hydrogen) atoms. The molecule has 7 heteroatoms. The number of aromatic amines is 1. The van der Waals surface area contributed by atoms with Gasteiger partial charge in [0.15, 0.2) is 0 Å². The number of carboxylic acids is 1. The van der Waals surface area contributed by atoms with Crippen LogP contribution in [0.3, 0.4) is 0 Å². The molecule has 0 radical (unpaired) electrons. The van der Waals surface area contributed by atoms with Crippen molar-refractivity contribution < 1.29 is 19.1 Å². The van der Waals surface area contributed by atoms with E-state index in [0.29, 0.717) is 43.8 Å². The van der Waals surface area contributed by atoms with Crippen molar-refractivity contribution in [2.75, 3.05) is 13.1 Å². The Labute approximate surface area is 143 Å². The van der Waals surface area contributed by atoms with Gasteiger partial charge in [0, 0.05) is 13.1 Å². The van der Waals surface area contributed by atoms with E-state index >= 15 is 0 Å². The number of rotatable bonds is 3. The first-order chi connectivity index (χ1) is 12.0. The van der Waals surface area contributed by atoms with Gasteiger partial charge in [0.05, 0.1) is 17.9 Å². The molecular weight excluding hydrogens is 324 g/mol. The minimum atomic E-state index is -0.746. The van der Waals surface area contributed by atoms with E-state index in [2.05, 4.69) is 4.98 Å². The van der Waals surface area contributed by atoms with E-state index in [1.807, 2.05) is 0 Å². The van der Waals surface area contributed by atoms with Gasteiger partial charge in [-0.25, -0.2) is 0 Å². The molecule has 1 saturated carbocycles. The number of carboxylic acid groups (broad SMARTS) is 1. The molecule has 4 rings (SSSR count). The maximum Gasteiger partial charge on any atom is 0.307 e. The van der Waals surface area contributed by atoms with Crippen molar-refractivity contribution in [2.45, 2.75) is 19.3 Å². The standard InChI is InChI=1S/C18H18N2O5/c21-15-11(3-4-13(19-15)14-2-1-9-25-14)16(22)20-7-5-18(6-8-20)10-12(18)17(23)24/h1-4,9,12H,5-8,10H2,(H,19,21)(H,23,24). The minimum absolute atomic E-state index is 0.0943. The van der Waals surface area contributed by atoms with Crippen LogP contribution in [0.25, 0.3) is 11.5 Å². The largest absolute Gasteiger partial charge is 0.481 e. The lowest BCUT2D eigenvalue weighted by Gasteiger charge is -2.32. The van der Waals surface area contributed by atoms with Crippen LogP contribution in [0.4, 0.5) is 0 Å². The zero-order chi connectivity index (χ0) is 17.6. The Morgan fingerprint density at radius 3 is 2.56 bits per heavy atom. The van der Waals surface area contributed by atoms with Crippen LogP contribution in [0.1, 0.15) is 29.6 Å². The Hall–Kier alpha value is -2.83. The molecule has 1 amide bonds. The highest BCUT2D eigenvalue weighted by atomic mass is 16.4. The molecule has 130 valence electrons. The number of aromatic nitrogens is 1. The summed E-state index contributed by atoms with van der Waals surface area (Å²) in [6, 6.07) is 6.62. The van der Waals surface area contributed by atoms with Crippen molar-refractivity contribution >= 4 is 11.9 Å². The van der Waals surface area contributed by atoms with Crippen molar-refractivity contribution in [2.24, 2.45) is 11.3 Å². The summed E-state index contributed by atoms with van der Waals surface area (Å²) in [5, 5.41) is 9.13. The number of hydrogen-bond acceptors (Lipinski definition) is 4. The molecule has 1 saturated heterocycles.